The lowest BCUT2D eigenvalue weighted by Crippen LogP contribution is -2.24. The van der Waals surface area contributed by atoms with E-state index in [2.05, 4.69) is 22.6 Å². The first-order chi connectivity index (χ1) is 5.54. The number of carboxylic acid groups (broad SMARTS) is 1. The molecule has 0 saturated carbocycles. The summed E-state index contributed by atoms with van der Waals surface area (Å²) in [6.07, 6.45) is 0. The fourth-order valence-electron chi connectivity index (χ4n) is 0.714. The van der Waals surface area contributed by atoms with E-state index >= 15 is 0 Å². The highest BCUT2D eigenvalue weighted by Gasteiger charge is 2.08. The molecule has 1 rings (SSSR count). The lowest BCUT2D eigenvalue weighted by molar-refractivity contribution is -0.255. The first kappa shape index (κ1) is 11.0. The van der Waals surface area contributed by atoms with Crippen molar-refractivity contribution in [3.8, 4) is 0 Å². The number of hydrogen-bond donors (Lipinski definition) is 0. The van der Waals surface area contributed by atoms with Gasteiger partial charge in [0.25, 0.3) is 0 Å². The maximum Gasteiger partial charge on any atom is 0.0737 e. The van der Waals surface area contributed by atoms with Gasteiger partial charge in [0.05, 0.1) is 5.97 Å². The zero-order valence-corrected chi connectivity index (χ0v) is 12.1. The van der Waals surface area contributed by atoms with Gasteiger partial charge in [0.15, 0.2) is 0 Å². The second kappa shape index (κ2) is 4.40. The third-order valence-electron chi connectivity index (χ3n) is 1.25. The number of carbonyl (C=O) groups excluding carboxylic acids is 1. The Balaban J connectivity index is 3.43. The minimum Gasteiger partial charge on any atom is -0.545 e. The molecule has 0 aromatic heterocycles. The van der Waals surface area contributed by atoms with Crippen molar-refractivity contribution in [3.05, 3.63) is 28.4 Å². The van der Waals surface area contributed by atoms with E-state index < -0.39 is 5.97 Å². The Hall–Kier alpha value is 0.880. The Kier molecular flexibility index (Phi) is 4.02. The summed E-state index contributed by atoms with van der Waals surface area (Å²) in [7, 11) is 0. The number of hydrogen-bond acceptors (Lipinski definition) is 2. The van der Waals surface area contributed by atoms with Gasteiger partial charge in [-0.1, -0.05) is 0 Å². The SMILES string of the molecule is O=C([O-])c1c(I)ccc(I)c1I. The number of aromatic carboxylic acids is 1. The Morgan fingerprint density at radius 1 is 1.17 bits per heavy atom. The van der Waals surface area contributed by atoms with Crippen LogP contribution in [-0.4, -0.2) is 5.97 Å². The molecule has 0 aliphatic carbocycles. The van der Waals surface area contributed by atoms with Gasteiger partial charge in [-0.2, -0.15) is 0 Å². The number of carbonyl (C=O) groups is 1. The van der Waals surface area contributed by atoms with Gasteiger partial charge in [-0.15, -0.1) is 0 Å². The smallest absolute Gasteiger partial charge is 0.0737 e. The average molecular weight is 499 g/mol. The first-order valence-corrected chi connectivity index (χ1v) is 6.12. The molecule has 0 unspecified atom stereocenters. The molecule has 1 aromatic carbocycles. The van der Waals surface area contributed by atoms with Crippen molar-refractivity contribution in [1.29, 1.82) is 0 Å². The Bertz CT molecular complexity index is 336. The molecule has 12 heavy (non-hydrogen) atoms. The van der Waals surface area contributed by atoms with Crippen LogP contribution in [0, 0.1) is 10.7 Å². The fraction of sp³-hybridized carbons (Fsp3) is 0. The summed E-state index contributed by atoms with van der Waals surface area (Å²) in [5.74, 6) is -1.11. The summed E-state index contributed by atoms with van der Waals surface area (Å²) < 4.78 is 2.41. The molecule has 0 fully saturated rings. The minimum absolute atomic E-state index is 0.295. The highest BCUT2D eigenvalue weighted by molar-refractivity contribution is 14.1. The van der Waals surface area contributed by atoms with Crippen LogP contribution in [0.5, 0.6) is 0 Å². The van der Waals surface area contributed by atoms with Crippen molar-refractivity contribution in [1.82, 2.24) is 0 Å². The first-order valence-electron chi connectivity index (χ1n) is 2.89. The Labute approximate surface area is 111 Å². The highest BCUT2D eigenvalue weighted by atomic mass is 127. The number of rotatable bonds is 1. The molecule has 1 aromatic rings. The van der Waals surface area contributed by atoms with Crippen molar-refractivity contribution in [2.45, 2.75) is 0 Å². The van der Waals surface area contributed by atoms with Crippen LogP contribution in [0.4, 0.5) is 0 Å². The molecule has 0 bridgehead atoms. The van der Waals surface area contributed by atoms with Crippen molar-refractivity contribution in [2.24, 2.45) is 0 Å². The molecule has 0 atom stereocenters. The van der Waals surface area contributed by atoms with Gasteiger partial charge >= 0.3 is 0 Å². The molecular formula is C7H2I3O2-. The normalized spacial score (nSPS) is 9.92. The van der Waals surface area contributed by atoms with Crippen LogP contribution in [0.15, 0.2) is 12.1 Å². The van der Waals surface area contributed by atoms with E-state index in [0.29, 0.717) is 5.56 Å². The van der Waals surface area contributed by atoms with E-state index in [1.807, 2.05) is 51.2 Å². The standard InChI is InChI=1S/C7H3I3O2/c8-3-1-2-4(9)6(10)5(3)7(11)12/h1-2H,(H,11,12)/p-1. The van der Waals surface area contributed by atoms with Crippen molar-refractivity contribution < 1.29 is 9.90 Å². The van der Waals surface area contributed by atoms with E-state index in [-0.39, 0.29) is 0 Å². The summed E-state index contributed by atoms with van der Waals surface area (Å²) in [6, 6.07) is 3.66. The molecule has 0 N–H and O–H groups in total. The quantitative estimate of drug-likeness (QED) is 0.438. The minimum atomic E-state index is -1.11. The molecule has 0 aliphatic heterocycles. The van der Waals surface area contributed by atoms with Crippen LogP contribution < -0.4 is 5.11 Å². The Morgan fingerprint density at radius 2 is 1.67 bits per heavy atom. The van der Waals surface area contributed by atoms with Gasteiger partial charge < -0.3 is 9.90 Å². The van der Waals surface area contributed by atoms with Crippen molar-refractivity contribution >= 4 is 73.7 Å². The van der Waals surface area contributed by atoms with E-state index in [0.717, 1.165) is 10.7 Å². The number of carboxylic acids is 1. The lowest BCUT2D eigenvalue weighted by atomic mass is 10.2. The van der Waals surface area contributed by atoms with E-state index in [4.69, 9.17) is 0 Å². The predicted molar refractivity (Wildman–Crippen MR) is 68.9 cm³/mol. The summed E-state index contributed by atoms with van der Waals surface area (Å²) in [6.45, 7) is 0. The average Bonchev–Trinajstić information content (AvgIpc) is 1.97. The fourth-order valence-corrected chi connectivity index (χ4v) is 3.04. The van der Waals surface area contributed by atoms with Gasteiger partial charge in [-0.3, -0.25) is 0 Å². The maximum atomic E-state index is 10.7. The van der Waals surface area contributed by atoms with Crippen molar-refractivity contribution in [3.63, 3.8) is 0 Å². The molecule has 0 amide bonds. The molecule has 5 heteroatoms. The van der Waals surface area contributed by atoms with Crippen molar-refractivity contribution in [2.75, 3.05) is 0 Å². The van der Waals surface area contributed by atoms with Gasteiger partial charge in [-0.05, 0) is 79.9 Å². The van der Waals surface area contributed by atoms with Crippen LogP contribution in [0.25, 0.3) is 0 Å². The highest BCUT2D eigenvalue weighted by Crippen LogP contribution is 2.23. The van der Waals surface area contributed by atoms with Gasteiger partial charge in [0.2, 0.25) is 0 Å². The van der Waals surface area contributed by atoms with E-state index in [9.17, 15) is 9.90 Å². The molecule has 2 nitrogen and oxygen atoms in total. The number of halogens is 3. The molecule has 0 aliphatic rings. The topological polar surface area (TPSA) is 40.1 Å². The van der Waals surface area contributed by atoms with Gasteiger partial charge in [0, 0.05) is 16.3 Å². The van der Waals surface area contributed by atoms with Gasteiger partial charge in [0.1, 0.15) is 0 Å². The largest absolute Gasteiger partial charge is 0.545 e. The lowest BCUT2D eigenvalue weighted by Gasteiger charge is -2.09. The molecule has 0 radical (unpaired) electrons. The third kappa shape index (κ3) is 2.22. The Morgan fingerprint density at radius 3 is 2.08 bits per heavy atom. The second-order valence-corrected chi connectivity index (χ2v) is 5.41. The molecule has 0 saturated heterocycles. The molecular weight excluding hydrogens is 497 g/mol. The zero-order chi connectivity index (χ0) is 9.30. The van der Waals surface area contributed by atoms with Crippen LogP contribution in [0.2, 0.25) is 0 Å². The molecule has 0 spiro atoms. The van der Waals surface area contributed by atoms with Crippen LogP contribution in [0.1, 0.15) is 10.4 Å². The molecule has 64 valence electrons. The summed E-state index contributed by atoms with van der Waals surface area (Å²) in [5.41, 5.74) is 0.295. The van der Waals surface area contributed by atoms with Crippen LogP contribution in [-0.2, 0) is 0 Å². The van der Waals surface area contributed by atoms with E-state index in [1.165, 1.54) is 0 Å². The third-order valence-corrected chi connectivity index (χ3v) is 5.20. The number of benzene rings is 1. The van der Waals surface area contributed by atoms with Gasteiger partial charge in [-0.25, -0.2) is 0 Å². The zero-order valence-electron chi connectivity index (χ0n) is 5.61. The maximum absolute atomic E-state index is 10.7. The monoisotopic (exact) mass is 499 g/mol. The van der Waals surface area contributed by atoms with E-state index in [1.54, 1.807) is 6.07 Å². The molecule has 0 heterocycles. The summed E-state index contributed by atoms with van der Waals surface area (Å²) >= 11 is 6.10. The summed E-state index contributed by atoms with van der Waals surface area (Å²) in [4.78, 5) is 10.7. The van der Waals surface area contributed by atoms with Crippen LogP contribution >= 0.6 is 67.8 Å². The second-order valence-electron chi connectivity index (χ2n) is 2.01. The summed E-state index contributed by atoms with van der Waals surface area (Å²) in [5, 5.41) is 10.7. The van der Waals surface area contributed by atoms with Crippen LogP contribution in [0.3, 0.4) is 0 Å². The predicted octanol–water partition coefficient (Wildman–Crippen LogP) is 1.86.